The minimum atomic E-state index is 0. The summed E-state index contributed by atoms with van der Waals surface area (Å²) in [6.07, 6.45) is 2.49. The summed E-state index contributed by atoms with van der Waals surface area (Å²) in [5.74, 6) is 1.86. The lowest BCUT2D eigenvalue weighted by molar-refractivity contribution is 0.0730. The number of halogens is 1. The Morgan fingerprint density at radius 3 is 3.06 bits per heavy atom. The molecular formula is C10H18ClN3O2. The highest BCUT2D eigenvalue weighted by Gasteiger charge is 2.13. The van der Waals surface area contributed by atoms with Gasteiger partial charge in [-0.15, -0.1) is 12.4 Å². The Kier molecular flexibility index (Phi) is 5.73. The van der Waals surface area contributed by atoms with E-state index in [0.717, 1.165) is 19.7 Å². The molecule has 2 heterocycles. The highest BCUT2D eigenvalue weighted by molar-refractivity contribution is 5.85. The quantitative estimate of drug-likeness (QED) is 0.870. The third-order valence-electron chi connectivity index (χ3n) is 2.55. The number of nitrogens with zero attached hydrogens (tertiary/aromatic N) is 2. The summed E-state index contributed by atoms with van der Waals surface area (Å²) >= 11 is 0. The summed E-state index contributed by atoms with van der Waals surface area (Å²) in [6.45, 7) is 5.21. The molecule has 1 N–H and O–H groups in total. The van der Waals surface area contributed by atoms with E-state index in [-0.39, 0.29) is 12.4 Å². The maximum absolute atomic E-state index is 5.55. The van der Waals surface area contributed by atoms with Gasteiger partial charge in [0.15, 0.2) is 5.82 Å². The Morgan fingerprint density at radius 1 is 1.56 bits per heavy atom. The van der Waals surface area contributed by atoms with Crippen LogP contribution < -0.4 is 5.32 Å². The number of hydrogen-bond acceptors (Lipinski definition) is 5. The van der Waals surface area contributed by atoms with Gasteiger partial charge in [0.05, 0.1) is 6.61 Å². The second-order valence-electron chi connectivity index (χ2n) is 3.96. The molecule has 1 fully saturated rings. The first-order valence-electron chi connectivity index (χ1n) is 5.42. The lowest BCUT2D eigenvalue weighted by Gasteiger charge is -2.22. The molecule has 16 heavy (non-hydrogen) atoms. The Hall–Kier alpha value is -0.650. The maximum Gasteiger partial charge on any atom is 0.223 e. The van der Waals surface area contributed by atoms with E-state index in [1.54, 1.807) is 6.92 Å². The van der Waals surface area contributed by atoms with Crippen molar-refractivity contribution in [3.63, 3.8) is 0 Å². The first-order chi connectivity index (χ1) is 7.34. The predicted molar refractivity (Wildman–Crippen MR) is 61.5 cm³/mol. The van der Waals surface area contributed by atoms with Crippen molar-refractivity contribution in [2.75, 3.05) is 19.7 Å². The third kappa shape index (κ3) is 4.08. The molecule has 0 spiro atoms. The molecular weight excluding hydrogens is 230 g/mol. The average Bonchev–Trinajstić information content (AvgIpc) is 2.66. The topological polar surface area (TPSA) is 60.2 Å². The first kappa shape index (κ1) is 13.4. The lowest BCUT2D eigenvalue weighted by atomic mass is 10.0. The van der Waals surface area contributed by atoms with Gasteiger partial charge < -0.3 is 14.6 Å². The van der Waals surface area contributed by atoms with Gasteiger partial charge in [0, 0.05) is 13.5 Å². The van der Waals surface area contributed by atoms with Gasteiger partial charge >= 0.3 is 0 Å². The molecule has 0 aromatic carbocycles. The second-order valence-corrected chi connectivity index (χ2v) is 3.96. The van der Waals surface area contributed by atoms with Crippen LogP contribution in [0.1, 0.15) is 24.6 Å². The number of nitrogens with one attached hydrogen (secondary N) is 1. The first-order valence-corrected chi connectivity index (χ1v) is 5.42. The van der Waals surface area contributed by atoms with E-state index in [9.17, 15) is 0 Å². The molecule has 0 bridgehead atoms. The van der Waals surface area contributed by atoms with E-state index in [1.807, 2.05) is 0 Å². The van der Waals surface area contributed by atoms with Gasteiger partial charge in [-0.2, -0.15) is 4.98 Å². The van der Waals surface area contributed by atoms with Gasteiger partial charge in [-0.1, -0.05) is 5.16 Å². The molecule has 1 saturated heterocycles. The largest absolute Gasteiger partial charge is 0.373 e. The molecule has 1 atom stereocenters. The lowest BCUT2D eigenvalue weighted by Crippen LogP contribution is -2.32. The van der Waals surface area contributed by atoms with Crippen LogP contribution >= 0.6 is 12.4 Å². The smallest absolute Gasteiger partial charge is 0.223 e. The van der Waals surface area contributed by atoms with E-state index in [1.165, 1.54) is 12.8 Å². The molecule has 6 heteroatoms. The van der Waals surface area contributed by atoms with Crippen LogP contribution in [0.4, 0.5) is 0 Å². The summed E-state index contributed by atoms with van der Waals surface area (Å²) < 4.78 is 10.4. The Bertz CT molecular complexity index is 300. The number of hydrogen-bond donors (Lipinski definition) is 1. The highest BCUT2D eigenvalue weighted by atomic mass is 35.5. The zero-order valence-electron chi connectivity index (χ0n) is 9.44. The minimum Gasteiger partial charge on any atom is -0.373 e. The van der Waals surface area contributed by atoms with Gasteiger partial charge in [-0.05, 0) is 25.3 Å². The minimum absolute atomic E-state index is 0. The van der Waals surface area contributed by atoms with Crippen LogP contribution in [0, 0.1) is 12.8 Å². The Balaban J connectivity index is 0.00000128. The summed E-state index contributed by atoms with van der Waals surface area (Å²) in [6, 6.07) is 0. The van der Waals surface area contributed by atoms with Gasteiger partial charge in [-0.25, -0.2) is 0 Å². The molecule has 92 valence electrons. The van der Waals surface area contributed by atoms with Crippen LogP contribution in [-0.2, 0) is 11.3 Å². The monoisotopic (exact) mass is 247 g/mol. The Morgan fingerprint density at radius 2 is 2.44 bits per heavy atom. The van der Waals surface area contributed by atoms with Crippen LogP contribution in [0.3, 0.4) is 0 Å². The molecule has 0 saturated carbocycles. The fourth-order valence-electron chi connectivity index (χ4n) is 1.78. The fourth-order valence-corrected chi connectivity index (χ4v) is 1.78. The van der Waals surface area contributed by atoms with E-state index in [0.29, 0.717) is 24.2 Å². The standard InChI is InChI=1S/C10H17N3O2.ClH/c1-8-12-10(13-15-8)7-14-6-9-3-2-4-11-5-9;/h9,11H,2-7H2,1H3;1H/t9-;/m0./s1. The zero-order valence-corrected chi connectivity index (χ0v) is 10.3. The number of rotatable bonds is 4. The van der Waals surface area contributed by atoms with Crippen LogP contribution in [0.5, 0.6) is 0 Å². The van der Waals surface area contributed by atoms with Gasteiger partial charge in [-0.3, -0.25) is 0 Å². The predicted octanol–water partition coefficient (Wildman–Crippen LogP) is 1.32. The van der Waals surface area contributed by atoms with Gasteiger partial charge in [0.2, 0.25) is 5.89 Å². The van der Waals surface area contributed by atoms with Crippen molar-refractivity contribution in [3.8, 4) is 0 Å². The number of ether oxygens (including phenoxy) is 1. The van der Waals surface area contributed by atoms with Crippen LogP contribution in [0.2, 0.25) is 0 Å². The van der Waals surface area contributed by atoms with Crippen molar-refractivity contribution in [2.45, 2.75) is 26.4 Å². The molecule has 2 rings (SSSR count). The average molecular weight is 248 g/mol. The maximum atomic E-state index is 5.55. The van der Waals surface area contributed by atoms with Crippen LogP contribution in [0.15, 0.2) is 4.52 Å². The molecule has 0 amide bonds. The normalized spacial score (nSPS) is 20.4. The second kappa shape index (κ2) is 6.83. The number of piperidine rings is 1. The highest BCUT2D eigenvalue weighted by Crippen LogP contribution is 2.10. The van der Waals surface area contributed by atoms with Gasteiger partial charge in [0.25, 0.3) is 0 Å². The summed E-state index contributed by atoms with van der Waals surface area (Å²) in [5.41, 5.74) is 0. The van der Waals surface area contributed by atoms with Crippen molar-refractivity contribution in [1.29, 1.82) is 0 Å². The molecule has 1 aliphatic heterocycles. The Labute approximate surface area is 101 Å². The van der Waals surface area contributed by atoms with Crippen molar-refractivity contribution in [2.24, 2.45) is 5.92 Å². The SMILES string of the molecule is Cc1nc(COC[C@H]2CCCNC2)no1.Cl. The summed E-state index contributed by atoms with van der Waals surface area (Å²) in [7, 11) is 0. The van der Waals surface area contributed by atoms with Crippen LogP contribution in [-0.4, -0.2) is 29.8 Å². The zero-order chi connectivity index (χ0) is 10.5. The molecule has 0 unspecified atom stereocenters. The third-order valence-corrected chi connectivity index (χ3v) is 2.55. The fraction of sp³-hybridized carbons (Fsp3) is 0.800. The van der Waals surface area contributed by atoms with E-state index < -0.39 is 0 Å². The molecule has 5 nitrogen and oxygen atoms in total. The summed E-state index contributed by atoms with van der Waals surface area (Å²) in [5, 5.41) is 7.13. The van der Waals surface area contributed by atoms with E-state index >= 15 is 0 Å². The summed E-state index contributed by atoms with van der Waals surface area (Å²) in [4.78, 5) is 4.07. The van der Waals surface area contributed by atoms with Crippen molar-refractivity contribution in [3.05, 3.63) is 11.7 Å². The van der Waals surface area contributed by atoms with Crippen LogP contribution in [0.25, 0.3) is 0 Å². The van der Waals surface area contributed by atoms with Crippen molar-refractivity contribution in [1.82, 2.24) is 15.5 Å². The van der Waals surface area contributed by atoms with Crippen molar-refractivity contribution >= 4 is 12.4 Å². The molecule has 1 aromatic rings. The van der Waals surface area contributed by atoms with E-state index in [4.69, 9.17) is 9.26 Å². The molecule has 1 aliphatic rings. The van der Waals surface area contributed by atoms with E-state index in [2.05, 4.69) is 15.5 Å². The molecule has 0 aliphatic carbocycles. The number of aryl methyl sites for hydroxylation is 1. The molecule has 1 aromatic heterocycles. The number of aromatic nitrogens is 2. The van der Waals surface area contributed by atoms with Crippen molar-refractivity contribution < 1.29 is 9.26 Å². The molecule has 0 radical (unpaired) electrons. The van der Waals surface area contributed by atoms with Gasteiger partial charge in [0.1, 0.15) is 6.61 Å².